The molecule has 1 heterocycles. The molecule has 4 rings (SSSR count). The van der Waals surface area contributed by atoms with Crippen LogP contribution in [0.25, 0.3) is 4.85 Å². The Labute approximate surface area is 169 Å². The third-order valence-corrected chi connectivity index (χ3v) is 6.23. The first kappa shape index (κ1) is 19.1. The average molecular weight is 388 g/mol. The summed E-state index contributed by atoms with van der Waals surface area (Å²) in [4.78, 5) is 31.7. The van der Waals surface area contributed by atoms with Gasteiger partial charge in [0.25, 0.3) is 0 Å². The lowest BCUT2D eigenvalue weighted by atomic mass is 9.58. The third-order valence-electron chi connectivity index (χ3n) is 6.23. The second-order valence-corrected chi connectivity index (χ2v) is 7.78. The molecule has 0 N–H and O–H groups in total. The minimum Gasteiger partial charge on any atom is -0.337 e. The van der Waals surface area contributed by atoms with Crippen molar-refractivity contribution < 1.29 is 14.0 Å². The van der Waals surface area contributed by atoms with Crippen LogP contribution in [0.2, 0.25) is 0 Å². The molecule has 1 amide bonds. The molecule has 5 heteroatoms. The van der Waals surface area contributed by atoms with Crippen LogP contribution in [0.4, 0.5) is 4.39 Å². The van der Waals surface area contributed by atoms with E-state index >= 15 is 0 Å². The molecule has 2 aromatic carbocycles. The number of hydrogen-bond acceptors (Lipinski definition) is 2. The first-order valence-electron chi connectivity index (χ1n) is 9.71. The Balaban J connectivity index is 1.82. The van der Waals surface area contributed by atoms with Gasteiger partial charge in [0.1, 0.15) is 5.82 Å². The van der Waals surface area contributed by atoms with Gasteiger partial charge in [0.05, 0.1) is 12.0 Å². The zero-order chi connectivity index (χ0) is 20.6. The smallest absolute Gasteiger partial charge is 0.236 e. The number of benzene rings is 2. The molecule has 0 saturated carbocycles. The van der Waals surface area contributed by atoms with Crippen LogP contribution in [0.1, 0.15) is 24.5 Å². The molecular weight excluding hydrogens is 367 g/mol. The van der Waals surface area contributed by atoms with Crippen LogP contribution in [0, 0.1) is 24.2 Å². The summed E-state index contributed by atoms with van der Waals surface area (Å²) >= 11 is 0. The van der Waals surface area contributed by atoms with Crippen LogP contribution in [0.3, 0.4) is 0 Å². The van der Waals surface area contributed by atoms with Gasteiger partial charge < -0.3 is 9.69 Å². The number of piperidine rings is 1. The summed E-state index contributed by atoms with van der Waals surface area (Å²) in [6.07, 6.45) is 2.26. The topological polar surface area (TPSA) is 41.7 Å². The molecule has 2 aliphatic rings. The largest absolute Gasteiger partial charge is 0.337 e. The van der Waals surface area contributed by atoms with Gasteiger partial charge >= 0.3 is 0 Å². The number of ketones is 1. The van der Waals surface area contributed by atoms with Gasteiger partial charge in [-0.2, -0.15) is 0 Å². The predicted octanol–water partition coefficient (Wildman–Crippen LogP) is 4.13. The lowest BCUT2D eigenvalue weighted by Crippen LogP contribution is -2.59. The predicted molar refractivity (Wildman–Crippen MR) is 107 cm³/mol. The molecule has 2 aromatic rings. The number of fused-ring (bicyclic) bond motifs is 1. The highest BCUT2D eigenvalue weighted by molar-refractivity contribution is 6.04. The number of likely N-dealkylation sites (tertiary alicyclic amines) is 1. The zero-order valence-electron chi connectivity index (χ0n) is 16.1. The Morgan fingerprint density at radius 2 is 1.83 bits per heavy atom. The highest BCUT2D eigenvalue weighted by Gasteiger charge is 2.56. The van der Waals surface area contributed by atoms with Crippen LogP contribution in [0.15, 0.2) is 66.4 Å². The molecule has 3 atom stereocenters. The highest BCUT2D eigenvalue weighted by Crippen LogP contribution is 2.49. The Kier molecular flexibility index (Phi) is 4.79. The third kappa shape index (κ3) is 3.05. The summed E-state index contributed by atoms with van der Waals surface area (Å²) < 4.78 is 13.3. The standard InChI is InChI=1S/C24H21FN2O2/c1-16-20-12-13-27(15-17-8-10-19(25)11-9-17)23(29)24(20,14-21(26-2)22(16)28)18-6-4-3-5-7-18/h3-11,14,16,20H,12-13,15H2,1H3/t16-,20-,24+/m1/s1. The molecular formula is C24H21FN2O2. The molecule has 4 nitrogen and oxygen atoms in total. The number of hydrogen-bond donors (Lipinski definition) is 0. The number of allylic oxidation sites excluding steroid dienone is 1. The van der Waals surface area contributed by atoms with Gasteiger partial charge in [-0.1, -0.05) is 55.5 Å². The van der Waals surface area contributed by atoms with Gasteiger partial charge in [-0.3, -0.25) is 4.79 Å². The van der Waals surface area contributed by atoms with Gasteiger partial charge in [0, 0.05) is 19.0 Å². The Bertz CT molecular complexity index is 1020. The summed E-state index contributed by atoms with van der Waals surface area (Å²) in [5.74, 6) is -1.20. The van der Waals surface area contributed by atoms with E-state index in [0.29, 0.717) is 19.5 Å². The van der Waals surface area contributed by atoms with Gasteiger partial charge in [0.2, 0.25) is 11.6 Å². The van der Waals surface area contributed by atoms with Crippen LogP contribution in [0.5, 0.6) is 0 Å². The SMILES string of the molecule is [C-]#[N+]C1=C[C@@]2(c3ccccc3)C(=O)N(Cc3ccc(F)cc3)CC[C@@H]2[C@@H](C)C1=O. The summed E-state index contributed by atoms with van der Waals surface area (Å²) in [5, 5.41) is 0. The second-order valence-electron chi connectivity index (χ2n) is 7.78. The fourth-order valence-corrected chi connectivity index (χ4v) is 4.74. The lowest BCUT2D eigenvalue weighted by Gasteiger charge is -2.50. The molecule has 1 aliphatic carbocycles. The molecule has 0 unspecified atom stereocenters. The first-order valence-corrected chi connectivity index (χ1v) is 9.71. The van der Waals surface area contributed by atoms with Gasteiger partial charge in [-0.05, 0) is 35.6 Å². The maximum atomic E-state index is 13.9. The number of carbonyl (C=O) groups is 2. The summed E-state index contributed by atoms with van der Waals surface area (Å²) in [5.41, 5.74) is 0.650. The van der Waals surface area contributed by atoms with Crippen LogP contribution < -0.4 is 0 Å². The van der Waals surface area contributed by atoms with Gasteiger partial charge in [-0.15, -0.1) is 0 Å². The molecule has 0 aromatic heterocycles. The fourth-order valence-electron chi connectivity index (χ4n) is 4.74. The second kappa shape index (κ2) is 7.29. The average Bonchev–Trinajstić information content (AvgIpc) is 2.75. The minimum absolute atomic E-state index is 0.0367. The Morgan fingerprint density at radius 1 is 1.14 bits per heavy atom. The minimum atomic E-state index is -1.03. The van der Waals surface area contributed by atoms with Crippen molar-refractivity contribution >= 4 is 11.7 Å². The Morgan fingerprint density at radius 3 is 2.48 bits per heavy atom. The zero-order valence-corrected chi connectivity index (χ0v) is 16.1. The number of carbonyl (C=O) groups excluding carboxylic acids is 2. The van der Waals surface area contributed by atoms with E-state index in [1.807, 2.05) is 37.3 Å². The first-order chi connectivity index (χ1) is 14.0. The molecule has 0 radical (unpaired) electrons. The highest BCUT2D eigenvalue weighted by atomic mass is 19.1. The molecule has 0 bridgehead atoms. The van der Waals surface area contributed by atoms with Crippen LogP contribution in [-0.4, -0.2) is 23.1 Å². The normalized spacial score (nSPS) is 26.5. The summed E-state index contributed by atoms with van der Waals surface area (Å²) in [6.45, 7) is 10.2. The van der Waals surface area contributed by atoms with Crippen molar-refractivity contribution in [3.05, 3.63) is 94.7 Å². The van der Waals surface area contributed by atoms with E-state index in [1.54, 1.807) is 23.1 Å². The van der Waals surface area contributed by atoms with Gasteiger partial charge in [0.15, 0.2) is 5.78 Å². The molecule has 146 valence electrons. The number of amides is 1. The number of halogens is 1. The van der Waals surface area contributed by atoms with Crippen molar-refractivity contribution in [3.63, 3.8) is 0 Å². The van der Waals surface area contributed by atoms with Crippen molar-refractivity contribution in [3.8, 4) is 0 Å². The van der Waals surface area contributed by atoms with Gasteiger partial charge in [-0.25, -0.2) is 9.24 Å². The fraction of sp³-hybridized carbons (Fsp3) is 0.292. The van der Waals surface area contributed by atoms with E-state index in [4.69, 9.17) is 6.57 Å². The maximum absolute atomic E-state index is 13.9. The Hall–Kier alpha value is -3.26. The summed E-state index contributed by atoms with van der Waals surface area (Å²) in [6, 6.07) is 15.6. The van der Waals surface area contributed by atoms with Crippen molar-refractivity contribution in [2.75, 3.05) is 6.54 Å². The van der Waals surface area contributed by atoms with E-state index in [-0.39, 0.29) is 29.1 Å². The van der Waals surface area contributed by atoms with Crippen LogP contribution >= 0.6 is 0 Å². The number of nitrogens with zero attached hydrogens (tertiary/aromatic N) is 2. The van der Waals surface area contributed by atoms with E-state index in [9.17, 15) is 14.0 Å². The molecule has 29 heavy (non-hydrogen) atoms. The van der Waals surface area contributed by atoms with E-state index in [0.717, 1.165) is 11.1 Å². The van der Waals surface area contributed by atoms with E-state index < -0.39 is 11.3 Å². The summed E-state index contributed by atoms with van der Waals surface area (Å²) in [7, 11) is 0. The monoisotopic (exact) mass is 388 g/mol. The van der Waals surface area contributed by atoms with Crippen molar-refractivity contribution in [1.82, 2.24) is 4.90 Å². The quantitative estimate of drug-likeness (QED) is 0.742. The number of rotatable bonds is 3. The van der Waals surface area contributed by atoms with E-state index in [1.165, 1.54) is 12.1 Å². The molecule has 0 spiro atoms. The van der Waals surface area contributed by atoms with Crippen molar-refractivity contribution in [1.29, 1.82) is 0 Å². The van der Waals surface area contributed by atoms with E-state index in [2.05, 4.69) is 4.85 Å². The number of Topliss-reactive ketones (excluding diaryl/α,β-unsaturated/α-hetero) is 1. The van der Waals surface area contributed by atoms with Crippen LogP contribution in [-0.2, 0) is 21.5 Å². The van der Waals surface area contributed by atoms with Crippen molar-refractivity contribution in [2.45, 2.75) is 25.3 Å². The molecule has 1 fully saturated rings. The maximum Gasteiger partial charge on any atom is 0.236 e. The lowest BCUT2D eigenvalue weighted by molar-refractivity contribution is -0.145. The molecule has 1 saturated heterocycles. The molecule has 1 aliphatic heterocycles. The van der Waals surface area contributed by atoms with Crippen molar-refractivity contribution in [2.24, 2.45) is 11.8 Å².